The van der Waals surface area contributed by atoms with Crippen LogP contribution in [0.25, 0.3) is 5.69 Å². The molecule has 0 saturated carbocycles. The molecule has 5 nitrogen and oxygen atoms in total. The third kappa shape index (κ3) is 3.63. The van der Waals surface area contributed by atoms with Crippen molar-refractivity contribution in [3.63, 3.8) is 0 Å². The number of nitrogens with zero attached hydrogens (tertiary/aromatic N) is 3. The van der Waals surface area contributed by atoms with E-state index < -0.39 is 0 Å². The maximum Gasteiger partial charge on any atom is 0.170 e. The first-order chi connectivity index (χ1) is 13.7. The smallest absolute Gasteiger partial charge is 0.170 e. The molecule has 28 heavy (non-hydrogen) atoms. The molecule has 3 heterocycles. The SMILES string of the molecule is COCCN1C(=S)N[C@H](c2ccccn2)[C@H]1c1cccn1-c1cccc(Cl)c1. The summed E-state index contributed by atoms with van der Waals surface area (Å²) in [7, 11) is 1.70. The van der Waals surface area contributed by atoms with Crippen molar-refractivity contribution in [2.45, 2.75) is 12.1 Å². The maximum atomic E-state index is 6.24. The summed E-state index contributed by atoms with van der Waals surface area (Å²) in [6, 6.07) is 17.9. The number of hydrogen-bond acceptors (Lipinski definition) is 3. The number of halogens is 1. The van der Waals surface area contributed by atoms with E-state index in [9.17, 15) is 0 Å². The van der Waals surface area contributed by atoms with Crippen LogP contribution in [0.15, 0.2) is 67.0 Å². The fraction of sp³-hybridized carbons (Fsp3) is 0.238. The van der Waals surface area contributed by atoms with Gasteiger partial charge in [-0.1, -0.05) is 23.7 Å². The number of nitrogens with one attached hydrogen (secondary N) is 1. The Morgan fingerprint density at radius 1 is 1.18 bits per heavy atom. The monoisotopic (exact) mass is 412 g/mol. The van der Waals surface area contributed by atoms with Gasteiger partial charge >= 0.3 is 0 Å². The lowest BCUT2D eigenvalue weighted by Gasteiger charge is -2.28. The van der Waals surface area contributed by atoms with Crippen molar-refractivity contribution in [3.05, 3.63) is 83.4 Å². The van der Waals surface area contributed by atoms with E-state index in [4.69, 9.17) is 28.6 Å². The van der Waals surface area contributed by atoms with Crippen LogP contribution < -0.4 is 5.32 Å². The number of ether oxygens (including phenoxy) is 1. The van der Waals surface area contributed by atoms with Crippen LogP contribution in [0, 0.1) is 0 Å². The number of rotatable bonds is 6. The Balaban J connectivity index is 1.79. The Labute approximate surface area is 174 Å². The molecule has 3 aromatic rings. The van der Waals surface area contributed by atoms with Gasteiger partial charge in [0.05, 0.1) is 24.4 Å². The predicted molar refractivity (Wildman–Crippen MR) is 115 cm³/mol. The van der Waals surface area contributed by atoms with Gasteiger partial charge in [-0.2, -0.15) is 0 Å². The molecule has 0 aliphatic carbocycles. The molecular formula is C21H21ClN4OS. The molecule has 2 atom stereocenters. The molecule has 1 N–H and O–H groups in total. The van der Waals surface area contributed by atoms with Crippen molar-refractivity contribution in [3.8, 4) is 5.69 Å². The quantitative estimate of drug-likeness (QED) is 0.616. The molecule has 7 heteroatoms. The van der Waals surface area contributed by atoms with Crippen LogP contribution in [-0.2, 0) is 4.74 Å². The molecule has 1 aliphatic heterocycles. The second kappa shape index (κ2) is 8.31. The topological polar surface area (TPSA) is 42.3 Å². The van der Waals surface area contributed by atoms with Crippen LogP contribution in [0.3, 0.4) is 0 Å². The van der Waals surface area contributed by atoms with E-state index >= 15 is 0 Å². The lowest BCUT2D eigenvalue weighted by molar-refractivity contribution is 0.163. The summed E-state index contributed by atoms with van der Waals surface area (Å²) < 4.78 is 7.48. The highest BCUT2D eigenvalue weighted by Gasteiger charge is 2.41. The van der Waals surface area contributed by atoms with Gasteiger partial charge in [0.2, 0.25) is 0 Å². The fourth-order valence-electron chi connectivity index (χ4n) is 3.65. The lowest BCUT2D eigenvalue weighted by atomic mass is 10.0. The Morgan fingerprint density at radius 3 is 2.82 bits per heavy atom. The zero-order valence-electron chi connectivity index (χ0n) is 15.5. The van der Waals surface area contributed by atoms with Crippen LogP contribution in [0.5, 0.6) is 0 Å². The molecule has 144 valence electrons. The number of thiocarbonyl (C=S) groups is 1. The van der Waals surface area contributed by atoms with Gasteiger partial charge in [0, 0.05) is 42.5 Å². The lowest BCUT2D eigenvalue weighted by Crippen LogP contribution is -2.33. The number of aromatic nitrogens is 2. The zero-order valence-corrected chi connectivity index (χ0v) is 17.0. The van der Waals surface area contributed by atoms with Crippen LogP contribution in [0.1, 0.15) is 23.5 Å². The standard InChI is InChI=1S/C21H21ClN4OS/c1-27-13-12-26-20(19(24-21(26)28)17-8-2-3-10-23-17)18-9-5-11-25(18)16-7-4-6-15(22)14-16/h2-11,14,19-20H,12-13H2,1H3,(H,24,28)/t19-,20-/m1/s1. The van der Waals surface area contributed by atoms with Crippen molar-refractivity contribution in [2.75, 3.05) is 20.3 Å². The number of methoxy groups -OCH3 is 1. The first-order valence-corrected chi connectivity index (χ1v) is 9.88. The molecule has 0 bridgehead atoms. The molecule has 0 unspecified atom stereocenters. The van der Waals surface area contributed by atoms with Gasteiger partial charge in [-0.15, -0.1) is 0 Å². The van der Waals surface area contributed by atoms with Gasteiger partial charge in [0.25, 0.3) is 0 Å². The summed E-state index contributed by atoms with van der Waals surface area (Å²) in [5.41, 5.74) is 3.08. The van der Waals surface area contributed by atoms with E-state index in [1.807, 2.05) is 60.9 Å². The molecule has 0 amide bonds. The third-order valence-electron chi connectivity index (χ3n) is 4.90. The van der Waals surface area contributed by atoms with Crippen molar-refractivity contribution in [2.24, 2.45) is 0 Å². The second-order valence-corrected chi connectivity index (χ2v) is 7.42. The van der Waals surface area contributed by atoms with Gasteiger partial charge in [0.1, 0.15) is 0 Å². The molecule has 1 aliphatic rings. The number of pyridine rings is 1. The Bertz CT molecular complexity index is 962. The zero-order chi connectivity index (χ0) is 19.5. The molecule has 1 aromatic carbocycles. The Morgan fingerprint density at radius 2 is 2.07 bits per heavy atom. The maximum absolute atomic E-state index is 6.24. The Kier molecular flexibility index (Phi) is 5.62. The summed E-state index contributed by atoms with van der Waals surface area (Å²) in [5.74, 6) is 0. The van der Waals surface area contributed by atoms with Crippen LogP contribution in [0.2, 0.25) is 5.02 Å². The molecule has 0 spiro atoms. The minimum absolute atomic E-state index is 0.0217. The third-order valence-corrected chi connectivity index (χ3v) is 5.49. The average molecular weight is 413 g/mol. The van der Waals surface area contributed by atoms with E-state index in [-0.39, 0.29) is 12.1 Å². The van der Waals surface area contributed by atoms with Crippen LogP contribution in [0.4, 0.5) is 0 Å². The summed E-state index contributed by atoms with van der Waals surface area (Å²) in [6.07, 6.45) is 3.86. The fourth-order valence-corrected chi connectivity index (χ4v) is 4.17. The van der Waals surface area contributed by atoms with Crippen LogP contribution in [-0.4, -0.2) is 39.8 Å². The van der Waals surface area contributed by atoms with Crippen molar-refractivity contribution in [1.29, 1.82) is 0 Å². The second-order valence-electron chi connectivity index (χ2n) is 6.60. The van der Waals surface area contributed by atoms with E-state index in [0.717, 1.165) is 17.1 Å². The minimum Gasteiger partial charge on any atom is -0.383 e. The van der Waals surface area contributed by atoms with Gasteiger partial charge < -0.3 is 19.5 Å². The summed E-state index contributed by atoms with van der Waals surface area (Å²) in [4.78, 5) is 6.75. The average Bonchev–Trinajstić information content (AvgIpc) is 3.31. The van der Waals surface area contributed by atoms with Crippen molar-refractivity contribution in [1.82, 2.24) is 19.8 Å². The highest BCUT2D eigenvalue weighted by molar-refractivity contribution is 7.80. The van der Waals surface area contributed by atoms with Crippen molar-refractivity contribution >= 4 is 28.9 Å². The van der Waals surface area contributed by atoms with Gasteiger partial charge in [-0.05, 0) is 54.7 Å². The molecule has 0 radical (unpaired) electrons. The normalized spacial score (nSPS) is 19.1. The summed E-state index contributed by atoms with van der Waals surface area (Å²) in [6.45, 7) is 1.28. The van der Waals surface area contributed by atoms with Gasteiger partial charge in [0.15, 0.2) is 5.11 Å². The molecule has 1 fully saturated rings. The van der Waals surface area contributed by atoms with Crippen molar-refractivity contribution < 1.29 is 4.74 Å². The molecule has 1 saturated heterocycles. The number of benzene rings is 1. The summed E-state index contributed by atoms with van der Waals surface area (Å²) in [5, 5.41) is 4.87. The van der Waals surface area contributed by atoms with E-state index in [0.29, 0.717) is 23.3 Å². The van der Waals surface area contributed by atoms with E-state index in [1.54, 1.807) is 7.11 Å². The minimum atomic E-state index is -0.0570. The van der Waals surface area contributed by atoms with E-state index in [2.05, 4.69) is 25.8 Å². The summed E-state index contributed by atoms with van der Waals surface area (Å²) >= 11 is 11.9. The Hall–Kier alpha value is -2.41. The first-order valence-electron chi connectivity index (χ1n) is 9.09. The van der Waals surface area contributed by atoms with E-state index in [1.165, 1.54) is 0 Å². The predicted octanol–water partition coefficient (Wildman–Crippen LogP) is 4.14. The van der Waals surface area contributed by atoms with Crippen LogP contribution >= 0.6 is 23.8 Å². The molecule has 2 aromatic heterocycles. The first kappa shape index (κ1) is 18.9. The highest BCUT2D eigenvalue weighted by Crippen LogP contribution is 2.39. The highest BCUT2D eigenvalue weighted by atomic mass is 35.5. The van der Waals surface area contributed by atoms with Gasteiger partial charge in [-0.25, -0.2) is 0 Å². The number of hydrogen-bond donors (Lipinski definition) is 1. The molecule has 4 rings (SSSR count). The molecular weight excluding hydrogens is 392 g/mol. The van der Waals surface area contributed by atoms with Gasteiger partial charge in [-0.3, -0.25) is 4.98 Å². The largest absolute Gasteiger partial charge is 0.383 e.